The highest BCUT2D eigenvalue weighted by molar-refractivity contribution is 9.10. The third kappa shape index (κ3) is 2.32. The molecule has 6 heteroatoms. The number of rotatable bonds is 3. The van der Waals surface area contributed by atoms with E-state index in [-0.39, 0.29) is 6.42 Å². The fourth-order valence-electron chi connectivity index (χ4n) is 1.77. The van der Waals surface area contributed by atoms with E-state index in [1.165, 1.54) is 0 Å². The Labute approximate surface area is 106 Å². The highest BCUT2D eigenvalue weighted by Crippen LogP contribution is 2.26. The first-order valence-electron chi connectivity index (χ1n) is 5.08. The summed E-state index contributed by atoms with van der Waals surface area (Å²) in [5, 5.41) is 13.9. The molecule has 0 amide bonds. The van der Waals surface area contributed by atoms with Gasteiger partial charge in [0.2, 0.25) is 0 Å². The van der Waals surface area contributed by atoms with Gasteiger partial charge in [-0.15, -0.1) is 0 Å². The summed E-state index contributed by atoms with van der Waals surface area (Å²) in [5.41, 5.74) is 7.55. The number of carbonyl (C=O) groups is 1. The third-order valence-corrected chi connectivity index (χ3v) is 3.24. The molecular weight excluding hydrogens is 286 g/mol. The molecule has 0 fully saturated rings. The van der Waals surface area contributed by atoms with Crippen molar-refractivity contribution in [3.8, 4) is 0 Å². The Balaban J connectivity index is 2.44. The molecule has 1 aromatic carbocycles. The van der Waals surface area contributed by atoms with Gasteiger partial charge in [-0.25, -0.2) is 0 Å². The fraction of sp³-hybridized carbons (Fsp3) is 0.273. The van der Waals surface area contributed by atoms with Crippen molar-refractivity contribution in [3.05, 3.63) is 28.4 Å². The average Bonchev–Trinajstić information content (AvgIpc) is 2.53. The van der Waals surface area contributed by atoms with E-state index in [2.05, 4.69) is 21.0 Å². The van der Waals surface area contributed by atoms with Gasteiger partial charge < -0.3 is 10.8 Å². The zero-order chi connectivity index (χ0) is 12.6. The number of fused-ring (bicyclic) bond motifs is 1. The van der Waals surface area contributed by atoms with E-state index in [0.717, 1.165) is 21.1 Å². The van der Waals surface area contributed by atoms with Crippen LogP contribution in [0, 0.1) is 0 Å². The monoisotopic (exact) mass is 297 g/mol. The van der Waals surface area contributed by atoms with Gasteiger partial charge in [-0.3, -0.25) is 9.48 Å². The molecule has 0 aliphatic heterocycles. The highest BCUT2D eigenvalue weighted by Gasteiger charge is 2.13. The number of halogens is 1. The Morgan fingerprint density at radius 2 is 2.35 bits per heavy atom. The maximum Gasteiger partial charge on any atom is 0.305 e. The van der Waals surface area contributed by atoms with E-state index in [9.17, 15) is 4.79 Å². The van der Waals surface area contributed by atoms with Gasteiger partial charge in [0, 0.05) is 18.5 Å². The number of benzene rings is 1. The first kappa shape index (κ1) is 12.1. The van der Waals surface area contributed by atoms with Crippen LogP contribution in [0.25, 0.3) is 10.9 Å². The number of nitrogens with zero attached hydrogens (tertiary/aromatic N) is 2. The Morgan fingerprint density at radius 3 is 3.00 bits per heavy atom. The number of nitrogens with two attached hydrogens (primary N) is 1. The summed E-state index contributed by atoms with van der Waals surface area (Å²) in [5.74, 6) is -0.899. The molecule has 1 heterocycles. The van der Waals surface area contributed by atoms with Gasteiger partial charge in [0.15, 0.2) is 0 Å². The fourth-order valence-corrected chi connectivity index (χ4v) is 2.34. The number of aromatic nitrogens is 2. The first-order chi connectivity index (χ1) is 7.99. The van der Waals surface area contributed by atoms with Gasteiger partial charge in [-0.05, 0) is 33.6 Å². The summed E-state index contributed by atoms with van der Waals surface area (Å²) in [7, 11) is 1.83. The van der Waals surface area contributed by atoms with Crippen molar-refractivity contribution in [3.63, 3.8) is 0 Å². The maximum absolute atomic E-state index is 10.6. The van der Waals surface area contributed by atoms with Crippen LogP contribution in [-0.2, 0) is 11.8 Å². The van der Waals surface area contributed by atoms with E-state index >= 15 is 0 Å². The van der Waals surface area contributed by atoms with Gasteiger partial charge >= 0.3 is 5.97 Å². The average molecular weight is 298 g/mol. The van der Waals surface area contributed by atoms with Crippen molar-refractivity contribution >= 4 is 32.8 Å². The molecule has 5 nitrogen and oxygen atoms in total. The van der Waals surface area contributed by atoms with Crippen molar-refractivity contribution in [1.82, 2.24) is 9.78 Å². The van der Waals surface area contributed by atoms with E-state index in [1.807, 2.05) is 25.2 Å². The number of hydrogen-bond acceptors (Lipinski definition) is 3. The first-order valence-corrected chi connectivity index (χ1v) is 5.88. The molecule has 0 aliphatic rings. The molecule has 0 bridgehead atoms. The topological polar surface area (TPSA) is 81.1 Å². The zero-order valence-electron chi connectivity index (χ0n) is 9.22. The van der Waals surface area contributed by atoms with Crippen LogP contribution in [0.15, 0.2) is 22.8 Å². The van der Waals surface area contributed by atoms with Crippen LogP contribution in [-0.4, -0.2) is 20.9 Å². The summed E-state index contributed by atoms with van der Waals surface area (Å²) < 4.78 is 2.50. The van der Waals surface area contributed by atoms with Crippen molar-refractivity contribution in [2.24, 2.45) is 12.8 Å². The minimum absolute atomic E-state index is 0.0788. The molecular formula is C11H12BrN3O2. The van der Waals surface area contributed by atoms with Crippen LogP contribution < -0.4 is 5.73 Å². The maximum atomic E-state index is 10.6. The molecule has 2 rings (SSSR count). The van der Waals surface area contributed by atoms with Crippen LogP contribution >= 0.6 is 15.9 Å². The van der Waals surface area contributed by atoms with Crippen LogP contribution in [0.3, 0.4) is 0 Å². The molecule has 0 saturated carbocycles. The van der Waals surface area contributed by atoms with Crippen LogP contribution in [0.1, 0.15) is 18.0 Å². The normalized spacial score (nSPS) is 12.9. The van der Waals surface area contributed by atoms with Gasteiger partial charge in [-0.2, -0.15) is 5.10 Å². The summed E-state index contributed by atoms with van der Waals surface area (Å²) in [4.78, 5) is 10.6. The Kier molecular flexibility index (Phi) is 3.17. The van der Waals surface area contributed by atoms with E-state index in [0.29, 0.717) is 0 Å². The Hall–Kier alpha value is -1.40. The minimum atomic E-state index is -0.899. The summed E-state index contributed by atoms with van der Waals surface area (Å²) in [6, 6.07) is 5.11. The van der Waals surface area contributed by atoms with Crippen molar-refractivity contribution in [2.45, 2.75) is 12.5 Å². The van der Waals surface area contributed by atoms with E-state index in [1.54, 1.807) is 4.68 Å². The molecule has 1 unspecified atom stereocenters. The summed E-state index contributed by atoms with van der Waals surface area (Å²) in [6.45, 7) is 0. The van der Waals surface area contributed by atoms with Gasteiger partial charge in [-0.1, -0.05) is 6.07 Å². The van der Waals surface area contributed by atoms with Gasteiger partial charge in [0.1, 0.15) is 4.60 Å². The van der Waals surface area contributed by atoms with Crippen molar-refractivity contribution in [1.29, 1.82) is 0 Å². The lowest BCUT2D eigenvalue weighted by Gasteiger charge is -2.09. The third-order valence-electron chi connectivity index (χ3n) is 2.65. The van der Waals surface area contributed by atoms with Gasteiger partial charge in [0.25, 0.3) is 0 Å². The van der Waals surface area contributed by atoms with Crippen molar-refractivity contribution < 1.29 is 9.90 Å². The molecule has 3 N–H and O–H groups in total. The molecule has 0 saturated heterocycles. The lowest BCUT2D eigenvalue weighted by Crippen LogP contribution is -2.14. The predicted molar refractivity (Wildman–Crippen MR) is 67.6 cm³/mol. The molecule has 0 spiro atoms. The number of aryl methyl sites for hydroxylation is 1. The standard InChI is InChI=1S/C11H12BrN3O2/c1-15-9-4-6(8(13)5-10(16)17)2-3-7(9)11(12)14-15/h2-4,8H,5,13H2,1H3,(H,16,17). The lowest BCUT2D eigenvalue weighted by molar-refractivity contribution is -0.137. The van der Waals surface area contributed by atoms with Gasteiger partial charge in [0.05, 0.1) is 11.9 Å². The van der Waals surface area contributed by atoms with E-state index < -0.39 is 12.0 Å². The second-order valence-corrected chi connectivity index (χ2v) is 4.65. The second-order valence-electron chi connectivity index (χ2n) is 3.90. The predicted octanol–water partition coefficient (Wildman–Crippen LogP) is 1.81. The largest absolute Gasteiger partial charge is 0.481 e. The smallest absolute Gasteiger partial charge is 0.305 e. The van der Waals surface area contributed by atoms with Crippen LogP contribution in [0.2, 0.25) is 0 Å². The van der Waals surface area contributed by atoms with E-state index in [4.69, 9.17) is 10.8 Å². The second kappa shape index (κ2) is 4.46. The van der Waals surface area contributed by atoms with Crippen LogP contribution in [0.4, 0.5) is 0 Å². The van der Waals surface area contributed by atoms with Crippen molar-refractivity contribution in [2.75, 3.05) is 0 Å². The molecule has 1 atom stereocenters. The Morgan fingerprint density at radius 1 is 1.65 bits per heavy atom. The Bertz CT molecular complexity index is 579. The number of aliphatic carboxylic acids is 1. The zero-order valence-corrected chi connectivity index (χ0v) is 10.8. The summed E-state index contributed by atoms with van der Waals surface area (Å²) >= 11 is 3.36. The molecule has 17 heavy (non-hydrogen) atoms. The molecule has 1 aromatic heterocycles. The molecule has 0 radical (unpaired) electrons. The SMILES string of the molecule is Cn1nc(Br)c2ccc(C(N)CC(=O)O)cc21. The summed E-state index contributed by atoms with van der Waals surface area (Å²) in [6.07, 6.45) is -0.0788. The number of carboxylic acids is 1. The van der Waals surface area contributed by atoms with Crippen LogP contribution in [0.5, 0.6) is 0 Å². The lowest BCUT2D eigenvalue weighted by atomic mass is 10.0. The number of carboxylic acid groups (broad SMARTS) is 1. The quantitative estimate of drug-likeness (QED) is 0.905. The minimum Gasteiger partial charge on any atom is -0.481 e. The molecule has 2 aromatic rings. The molecule has 90 valence electrons. The number of hydrogen-bond donors (Lipinski definition) is 2. The highest BCUT2D eigenvalue weighted by atomic mass is 79.9. The molecule has 0 aliphatic carbocycles.